The Balaban J connectivity index is 0.000000151. The lowest BCUT2D eigenvalue weighted by atomic mass is 9.91. The van der Waals surface area contributed by atoms with Crippen molar-refractivity contribution in [2.45, 2.75) is 11.8 Å². The van der Waals surface area contributed by atoms with E-state index < -0.39 is 11.1 Å². The first-order valence-corrected chi connectivity index (χ1v) is 17.8. The Morgan fingerprint density at radius 2 is 0.978 bits per heavy atom. The van der Waals surface area contributed by atoms with E-state index >= 15 is 0 Å². The molecule has 2 aromatic heterocycles. The van der Waals surface area contributed by atoms with Crippen LogP contribution in [0.2, 0.25) is 0 Å². The van der Waals surface area contributed by atoms with Gasteiger partial charge in [-0.3, -0.25) is 4.21 Å². The van der Waals surface area contributed by atoms with Crippen molar-refractivity contribution in [2.24, 2.45) is 0 Å². The van der Waals surface area contributed by atoms with Crippen LogP contribution in [0.5, 0.6) is 0 Å². The van der Waals surface area contributed by atoms with Gasteiger partial charge < -0.3 is 4.55 Å². The molecule has 0 fully saturated rings. The number of fused-ring (bicyclic) bond motifs is 5. The minimum Gasteiger partial charge on any atom is -0.768 e. The minimum atomic E-state index is -2.32. The predicted octanol–water partition coefficient (Wildman–Crippen LogP) is 12.2. The van der Waals surface area contributed by atoms with Gasteiger partial charge in [-0.05, 0) is 113 Å². The summed E-state index contributed by atoms with van der Waals surface area (Å²) in [6, 6.07) is 49.5. The van der Waals surface area contributed by atoms with Crippen LogP contribution in [0, 0.1) is 6.92 Å². The highest BCUT2D eigenvalue weighted by Crippen LogP contribution is 2.41. The van der Waals surface area contributed by atoms with Crippen molar-refractivity contribution in [3.8, 4) is 11.1 Å². The lowest BCUT2D eigenvalue weighted by molar-refractivity contribution is 0.539. The standard InChI is InChI=1S/C25H18O2S.2C8H6S/c1-16-10-11-18-15-19(13-12-17(18)14-16)24-20-6-2-4-8-22(20)25(28(26)27)23-9-5-3-7-21(23)24;2*1-2-4-8-7(3-1)5-6-9-8/h2-15H,1H3,(H,26,27);2*1-6H/p-1. The van der Waals surface area contributed by atoms with Crippen molar-refractivity contribution < 1.29 is 8.76 Å². The SMILES string of the molecule is Cc1ccc2cc(-c3c4ccccc4c(S(=O)[O-])c4ccccc34)ccc2c1.c1ccc2sccc2c1.c1ccc2sccc2c1. The van der Waals surface area contributed by atoms with E-state index in [1.54, 1.807) is 22.7 Å². The Morgan fingerprint density at radius 1 is 0.500 bits per heavy atom. The number of thiophene rings is 2. The fourth-order valence-corrected chi connectivity index (χ4v) is 8.21. The van der Waals surface area contributed by atoms with Gasteiger partial charge in [0, 0.05) is 14.3 Å². The molecule has 1 unspecified atom stereocenters. The van der Waals surface area contributed by atoms with Gasteiger partial charge in [0.15, 0.2) is 0 Å². The summed E-state index contributed by atoms with van der Waals surface area (Å²) in [5.74, 6) is 0. The van der Waals surface area contributed by atoms with Crippen LogP contribution in [-0.4, -0.2) is 8.76 Å². The van der Waals surface area contributed by atoms with Crippen molar-refractivity contribution in [1.29, 1.82) is 0 Å². The van der Waals surface area contributed by atoms with E-state index in [9.17, 15) is 8.76 Å². The monoisotopic (exact) mass is 649 g/mol. The van der Waals surface area contributed by atoms with Gasteiger partial charge in [0.2, 0.25) is 0 Å². The molecule has 0 radical (unpaired) electrons. The zero-order valence-electron chi connectivity index (χ0n) is 25.1. The second kappa shape index (κ2) is 13.4. The van der Waals surface area contributed by atoms with Gasteiger partial charge in [0.05, 0.1) is 0 Å². The maximum absolute atomic E-state index is 12.1. The average Bonchev–Trinajstić information content (AvgIpc) is 3.77. The topological polar surface area (TPSA) is 40.1 Å². The summed E-state index contributed by atoms with van der Waals surface area (Å²) >= 11 is 1.26. The third kappa shape index (κ3) is 6.11. The summed E-state index contributed by atoms with van der Waals surface area (Å²) in [7, 11) is 0. The molecule has 0 aliphatic heterocycles. The molecule has 1 atom stereocenters. The third-order valence-electron chi connectivity index (χ3n) is 8.06. The first-order valence-electron chi connectivity index (χ1n) is 14.9. The molecular formula is C41H29O2S3-. The lowest BCUT2D eigenvalue weighted by Gasteiger charge is -2.18. The largest absolute Gasteiger partial charge is 0.768 e. The van der Waals surface area contributed by atoms with E-state index in [0.29, 0.717) is 4.90 Å². The fraction of sp³-hybridized carbons (Fsp3) is 0.0244. The summed E-state index contributed by atoms with van der Waals surface area (Å²) in [5.41, 5.74) is 3.40. The van der Waals surface area contributed by atoms with Gasteiger partial charge in [-0.15, -0.1) is 22.7 Å². The highest BCUT2D eigenvalue weighted by atomic mass is 32.2. The maximum atomic E-state index is 12.1. The van der Waals surface area contributed by atoms with Crippen LogP contribution in [0.4, 0.5) is 0 Å². The number of hydrogen-bond acceptors (Lipinski definition) is 4. The molecule has 0 N–H and O–H groups in total. The Kier molecular flexibility index (Phi) is 8.73. The molecule has 7 aromatic carbocycles. The molecule has 0 aliphatic rings. The minimum absolute atomic E-state index is 0.367. The van der Waals surface area contributed by atoms with Gasteiger partial charge in [-0.2, -0.15) is 0 Å². The molecule has 0 spiro atoms. The van der Waals surface area contributed by atoms with Gasteiger partial charge >= 0.3 is 0 Å². The molecule has 0 saturated heterocycles. The van der Waals surface area contributed by atoms with Crippen molar-refractivity contribution in [3.63, 3.8) is 0 Å². The van der Waals surface area contributed by atoms with E-state index in [2.05, 4.69) is 115 Å². The molecule has 0 amide bonds. The van der Waals surface area contributed by atoms with Gasteiger partial charge in [-0.25, -0.2) is 0 Å². The maximum Gasteiger partial charge on any atom is 0.0406 e. The summed E-state index contributed by atoms with van der Waals surface area (Å²) in [6.07, 6.45) is 0. The molecule has 224 valence electrons. The molecule has 0 aliphatic carbocycles. The smallest absolute Gasteiger partial charge is 0.0406 e. The molecule has 0 bridgehead atoms. The van der Waals surface area contributed by atoms with Crippen LogP contribution in [0.15, 0.2) is 161 Å². The molecule has 9 aromatic rings. The summed E-state index contributed by atoms with van der Waals surface area (Å²) in [4.78, 5) is 0.367. The van der Waals surface area contributed by atoms with Crippen molar-refractivity contribution in [3.05, 3.63) is 162 Å². The Labute approximate surface area is 278 Å². The van der Waals surface area contributed by atoms with E-state index in [1.807, 2.05) is 48.5 Å². The molecular weight excluding hydrogens is 621 g/mol. The third-order valence-corrected chi connectivity index (χ3v) is 10.6. The average molecular weight is 650 g/mol. The predicted molar refractivity (Wildman–Crippen MR) is 200 cm³/mol. The number of benzene rings is 7. The Bertz CT molecular complexity index is 2310. The first-order chi connectivity index (χ1) is 22.6. The lowest BCUT2D eigenvalue weighted by Crippen LogP contribution is -1.96. The first kappa shape index (κ1) is 30.0. The summed E-state index contributed by atoms with van der Waals surface area (Å²) in [5, 5.41) is 12.7. The van der Waals surface area contributed by atoms with Crippen molar-refractivity contribution >= 4 is 86.2 Å². The molecule has 5 heteroatoms. The number of hydrogen-bond donors (Lipinski definition) is 0. The normalized spacial score (nSPS) is 11.7. The van der Waals surface area contributed by atoms with Crippen LogP contribution in [0.1, 0.15) is 5.56 Å². The van der Waals surface area contributed by atoms with Crippen LogP contribution >= 0.6 is 22.7 Å². The van der Waals surface area contributed by atoms with Gasteiger partial charge in [0.25, 0.3) is 0 Å². The second-order valence-corrected chi connectivity index (χ2v) is 13.8. The van der Waals surface area contributed by atoms with Gasteiger partial charge in [-0.1, -0.05) is 121 Å². The molecule has 2 heterocycles. The fourth-order valence-electron chi connectivity index (χ4n) is 5.91. The molecule has 2 nitrogen and oxygen atoms in total. The van der Waals surface area contributed by atoms with Crippen molar-refractivity contribution in [2.75, 3.05) is 0 Å². The van der Waals surface area contributed by atoms with Crippen molar-refractivity contribution in [1.82, 2.24) is 0 Å². The summed E-state index contributed by atoms with van der Waals surface area (Å²) < 4.78 is 26.9. The zero-order valence-corrected chi connectivity index (χ0v) is 27.5. The van der Waals surface area contributed by atoms with Crippen LogP contribution in [0.3, 0.4) is 0 Å². The summed E-state index contributed by atoms with van der Waals surface area (Å²) in [6.45, 7) is 2.09. The zero-order chi connectivity index (χ0) is 31.5. The second-order valence-electron chi connectivity index (χ2n) is 11.0. The van der Waals surface area contributed by atoms with Crippen LogP contribution in [-0.2, 0) is 11.1 Å². The highest BCUT2D eigenvalue weighted by Gasteiger charge is 2.15. The Morgan fingerprint density at radius 3 is 1.52 bits per heavy atom. The van der Waals surface area contributed by atoms with E-state index in [-0.39, 0.29) is 0 Å². The van der Waals surface area contributed by atoms with E-state index in [0.717, 1.165) is 32.7 Å². The molecule has 46 heavy (non-hydrogen) atoms. The highest BCUT2D eigenvalue weighted by molar-refractivity contribution is 7.79. The van der Waals surface area contributed by atoms with E-state index in [1.165, 1.54) is 36.5 Å². The van der Waals surface area contributed by atoms with Gasteiger partial charge in [0.1, 0.15) is 0 Å². The molecule has 9 rings (SSSR count). The quantitative estimate of drug-likeness (QED) is 0.138. The number of rotatable bonds is 2. The number of aryl methyl sites for hydroxylation is 1. The molecule has 0 saturated carbocycles. The Hall–Kier alpha value is -4.65. The van der Waals surface area contributed by atoms with Crippen LogP contribution in [0.25, 0.3) is 63.6 Å². The van der Waals surface area contributed by atoms with Crippen LogP contribution < -0.4 is 0 Å². The van der Waals surface area contributed by atoms with E-state index in [4.69, 9.17) is 0 Å².